The Bertz CT molecular complexity index is 429. The molecule has 0 spiro atoms. The van der Waals surface area contributed by atoms with E-state index in [0.717, 1.165) is 24.7 Å². The Morgan fingerprint density at radius 2 is 1.45 bits per heavy atom. The van der Waals surface area contributed by atoms with E-state index in [0.29, 0.717) is 24.3 Å². The summed E-state index contributed by atoms with van der Waals surface area (Å²) in [4.78, 5) is 22.2. The number of nitrogens with one attached hydrogen (secondary N) is 2. The number of carbonyl (C=O) groups is 2. The first-order chi connectivity index (χ1) is 12.8. The fraction of sp³-hybridized carbons (Fsp3) is 0.909. The van der Waals surface area contributed by atoms with Crippen molar-refractivity contribution in [2.75, 3.05) is 0 Å². The second-order valence-corrected chi connectivity index (χ2v) is 8.65. The average Bonchev–Trinajstić information content (AvgIpc) is 2.67. The summed E-state index contributed by atoms with van der Waals surface area (Å²) < 4.78 is 2.53. The Labute approximate surface area is 204 Å². The molecule has 171 valence electrons. The van der Waals surface area contributed by atoms with Crippen molar-refractivity contribution in [3.8, 4) is 0 Å². The van der Waals surface area contributed by atoms with Crippen molar-refractivity contribution in [3.63, 3.8) is 0 Å². The molecule has 0 saturated heterocycles. The van der Waals surface area contributed by atoms with E-state index >= 15 is 0 Å². The van der Waals surface area contributed by atoms with Crippen molar-refractivity contribution < 1.29 is 55.1 Å². The van der Waals surface area contributed by atoms with Crippen LogP contribution in [0.4, 0.5) is 0 Å². The first-order valence-electron chi connectivity index (χ1n) is 11.1. The molecular weight excluding hydrogens is 443 g/mol. The molecule has 0 aromatic carbocycles. The van der Waals surface area contributed by atoms with Gasteiger partial charge in [0, 0.05) is 12.5 Å². The quantitative estimate of drug-likeness (QED) is 0.424. The Balaban J connectivity index is -0.000000649. The van der Waals surface area contributed by atoms with Gasteiger partial charge in [-0.1, -0.05) is 53.9 Å². The van der Waals surface area contributed by atoms with E-state index in [1.54, 1.807) is 20.7 Å². The summed E-state index contributed by atoms with van der Waals surface area (Å²) in [6.07, 6.45) is 10.7. The van der Waals surface area contributed by atoms with Gasteiger partial charge in [-0.25, -0.2) is 0 Å². The Morgan fingerprint density at radius 3 is 1.83 bits per heavy atom. The minimum absolute atomic E-state index is 0. The summed E-state index contributed by atoms with van der Waals surface area (Å²) >= 11 is 1.65. The zero-order valence-corrected chi connectivity index (χ0v) is 22.4. The Morgan fingerprint density at radius 1 is 0.966 bits per heavy atom. The van der Waals surface area contributed by atoms with E-state index in [9.17, 15) is 9.59 Å². The molecule has 0 bridgehead atoms. The average molecular weight is 486 g/mol. The van der Waals surface area contributed by atoms with Gasteiger partial charge in [-0.3, -0.25) is 4.79 Å². The molecule has 0 heterocycles. The van der Waals surface area contributed by atoms with Crippen molar-refractivity contribution in [1.82, 2.24) is 9.12 Å². The second kappa shape index (κ2) is 19.0. The third kappa shape index (κ3) is 12.0. The molecule has 0 aromatic heterocycles. The number of hydrogen-bond donors (Lipinski definition) is 2. The number of amides is 2. The molecule has 0 aromatic rings. The van der Waals surface area contributed by atoms with Crippen LogP contribution in [0.1, 0.15) is 106 Å². The van der Waals surface area contributed by atoms with E-state index in [1.807, 2.05) is 6.92 Å². The summed E-state index contributed by atoms with van der Waals surface area (Å²) in [6.45, 7) is 13.5. The SMILES string of the molecule is CCCC(=O)NC1CCCC(C(C)CC)(C(C)CC)C1.CCCC(=O)[NH][Ti+2].[Cl-].[Cl-]. The minimum atomic E-state index is 0. The van der Waals surface area contributed by atoms with Crippen molar-refractivity contribution in [2.45, 2.75) is 112 Å². The second-order valence-electron chi connectivity index (χ2n) is 8.26. The number of halogens is 2. The van der Waals surface area contributed by atoms with Gasteiger partial charge in [-0.2, -0.15) is 0 Å². The standard InChI is InChI=1S/C18H35NO.C4H9NO.2ClH.Ti/c1-6-10-17(20)19-16-11-9-12-18(13-16,14(4)7-2)15(5)8-3;1-2-3-4(5)6;;;/h14-16H,6-13H2,1-5H3,(H,19,20);2-3H2,1H3,(H2,5,6);2*1H;/q;;;;+3/p-3. The molecule has 4 nitrogen and oxygen atoms in total. The maximum absolute atomic E-state index is 11.9. The Kier molecular flexibility index (Phi) is 22.1. The van der Waals surface area contributed by atoms with Crippen LogP contribution >= 0.6 is 0 Å². The molecule has 1 aliphatic carbocycles. The van der Waals surface area contributed by atoms with Crippen LogP contribution in [0.5, 0.6) is 0 Å². The number of hydrogen-bond acceptors (Lipinski definition) is 2. The summed E-state index contributed by atoms with van der Waals surface area (Å²) in [7, 11) is 0. The fourth-order valence-electron chi connectivity index (χ4n) is 4.47. The molecule has 7 heteroatoms. The van der Waals surface area contributed by atoms with Crippen LogP contribution in [0.25, 0.3) is 0 Å². The van der Waals surface area contributed by atoms with Crippen LogP contribution in [0, 0.1) is 17.3 Å². The van der Waals surface area contributed by atoms with Crippen molar-refractivity contribution in [3.05, 3.63) is 0 Å². The van der Waals surface area contributed by atoms with Gasteiger partial charge < -0.3 is 30.1 Å². The van der Waals surface area contributed by atoms with E-state index in [2.05, 4.69) is 43.7 Å². The normalized spacial score (nSPS) is 22.6. The third-order valence-corrected chi connectivity index (χ3v) is 6.90. The number of rotatable bonds is 9. The van der Waals surface area contributed by atoms with E-state index < -0.39 is 0 Å². The van der Waals surface area contributed by atoms with Gasteiger partial charge in [0.1, 0.15) is 0 Å². The van der Waals surface area contributed by atoms with Gasteiger partial charge in [0.15, 0.2) is 0 Å². The third-order valence-electron chi connectivity index (χ3n) is 6.47. The van der Waals surface area contributed by atoms with Crippen LogP contribution in [0.15, 0.2) is 0 Å². The van der Waals surface area contributed by atoms with Crippen LogP contribution < -0.4 is 33.9 Å². The molecule has 0 aliphatic heterocycles. The molecule has 1 fully saturated rings. The zero-order chi connectivity index (χ0) is 20.9. The molecule has 1 aliphatic rings. The summed E-state index contributed by atoms with van der Waals surface area (Å²) in [6, 6.07) is 0.408. The fourth-order valence-corrected chi connectivity index (χ4v) is 4.67. The minimum Gasteiger partial charge on any atom is -1.00 e. The molecular formula is C22H43Cl2N2O2Ti. The molecule has 3 atom stereocenters. The summed E-state index contributed by atoms with van der Waals surface area (Å²) in [5.74, 6) is 1.88. The van der Waals surface area contributed by atoms with Crippen molar-refractivity contribution in [1.29, 1.82) is 0 Å². The van der Waals surface area contributed by atoms with Gasteiger partial charge in [0.25, 0.3) is 0 Å². The molecule has 1 rings (SSSR count). The molecule has 29 heavy (non-hydrogen) atoms. The topological polar surface area (TPSA) is 58.2 Å². The first-order valence-corrected chi connectivity index (χ1v) is 11.8. The maximum atomic E-state index is 11.9. The zero-order valence-electron chi connectivity index (χ0n) is 19.4. The van der Waals surface area contributed by atoms with Gasteiger partial charge in [0.05, 0.1) is 0 Å². The summed E-state index contributed by atoms with van der Waals surface area (Å²) in [5.41, 5.74) is 0.436. The first kappa shape index (κ1) is 33.9. The molecule has 2 N–H and O–H groups in total. The largest absolute Gasteiger partial charge is 1.00 e. The van der Waals surface area contributed by atoms with E-state index in [-0.39, 0.29) is 36.6 Å². The summed E-state index contributed by atoms with van der Waals surface area (Å²) in [5, 5.41) is 3.29. The molecule has 0 radical (unpaired) electrons. The number of carbonyl (C=O) groups excluding carboxylic acids is 2. The predicted octanol–water partition coefficient (Wildman–Crippen LogP) is -0.704. The van der Waals surface area contributed by atoms with Gasteiger partial charge in [-0.05, 0) is 42.9 Å². The molecule has 2 amide bonds. The van der Waals surface area contributed by atoms with Crippen LogP contribution in [-0.2, 0) is 30.3 Å². The van der Waals surface area contributed by atoms with Gasteiger partial charge >= 0.3 is 55.0 Å². The van der Waals surface area contributed by atoms with Gasteiger partial charge in [0.2, 0.25) is 5.91 Å². The van der Waals surface area contributed by atoms with Crippen molar-refractivity contribution >= 4 is 11.8 Å². The van der Waals surface area contributed by atoms with Crippen LogP contribution in [0.3, 0.4) is 0 Å². The monoisotopic (exact) mass is 485 g/mol. The Hall–Kier alpha value is 0.234. The van der Waals surface area contributed by atoms with Gasteiger partial charge in [-0.15, -0.1) is 0 Å². The predicted molar refractivity (Wildman–Crippen MR) is 110 cm³/mol. The van der Waals surface area contributed by atoms with E-state index in [1.165, 1.54) is 38.5 Å². The molecule has 1 saturated carbocycles. The maximum Gasteiger partial charge on any atom is -1.00 e. The molecule has 3 unspecified atom stereocenters. The van der Waals surface area contributed by atoms with Crippen LogP contribution in [0.2, 0.25) is 0 Å². The van der Waals surface area contributed by atoms with Crippen LogP contribution in [-0.4, -0.2) is 17.9 Å². The van der Waals surface area contributed by atoms with E-state index in [4.69, 9.17) is 0 Å². The van der Waals surface area contributed by atoms with Crippen molar-refractivity contribution in [2.24, 2.45) is 17.3 Å². The smallest absolute Gasteiger partial charge is 1.00 e.